The van der Waals surface area contributed by atoms with E-state index in [4.69, 9.17) is 9.47 Å². The van der Waals surface area contributed by atoms with Gasteiger partial charge in [-0.1, -0.05) is 12.1 Å². The number of carbonyl (C=O) groups is 2. The molecule has 2 aromatic carbocycles. The number of methoxy groups -OCH3 is 2. The standard InChI is InChI=1S/C29H32FN5O4/c1-38-23-9-10-24(26(17-23)39-2)25-11-12-27(32-31-25)33-13-15-34(16-14-33)28(36)19-35(29(37)21-5-6-21)18-20-3-7-22(30)8-4-20/h3-4,7-12,17,21H,5-6,13-16,18-19H2,1-2H3. The third-order valence-electron chi connectivity index (χ3n) is 7.14. The Morgan fingerprint density at radius 3 is 2.31 bits per heavy atom. The Morgan fingerprint density at radius 1 is 0.949 bits per heavy atom. The lowest BCUT2D eigenvalue weighted by atomic mass is 10.1. The van der Waals surface area contributed by atoms with Crippen LogP contribution in [0.25, 0.3) is 11.3 Å². The van der Waals surface area contributed by atoms with E-state index >= 15 is 0 Å². The smallest absolute Gasteiger partial charge is 0.242 e. The lowest BCUT2D eigenvalue weighted by molar-refractivity contribution is -0.142. The molecule has 1 saturated heterocycles. The van der Waals surface area contributed by atoms with Crippen molar-refractivity contribution in [2.45, 2.75) is 19.4 Å². The summed E-state index contributed by atoms with van der Waals surface area (Å²) in [5.74, 6) is 1.66. The summed E-state index contributed by atoms with van der Waals surface area (Å²) in [6.45, 7) is 2.58. The summed E-state index contributed by atoms with van der Waals surface area (Å²) in [6.07, 6.45) is 1.72. The van der Waals surface area contributed by atoms with Gasteiger partial charge in [0, 0.05) is 50.3 Å². The number of anilines is 1. The summed E-state index contributed by atoms with van der Waals surface area (Å²) in [4.78, 5) is 31.5. The maximum absolute atomic E-state index is 13.3. The fourth-order valence-corrected chi connectivity index (χ4v) is 4.71. The van der Waals surface area contributed by atoms with Gasteiger partial charge in [-0.3, -0.25) is 9.59 Å². The first-order valence-corrected chi connectivity index (χ1v) is 13.1. The Bertz CT molecular complexity index is 1310. The molecule has 204 valence electrons. The first-order valence-electron chi connectivity index (χ1n) is 13.1. The van der Waals surface area contributed by atoms with Crippen molar-refractivity contribution in [2.75, 3.05) is 51.8 Å². The molecule has 9 nitrogen and oxygen atoms in total. The highest BCUT2D eigenvalue weighted by molar-refractivity contribution is 5.87. The summed E-state index contributed by atoms with van der Waals surface area (Å²) in [7, 11) is 3.21. The van der Waals surface area contributed by atoms with E-state index < -0.39 is 0 Å². The second-order valence-corrected chi connectivity index (χ2v) is 9.81. The molecule has 0 bridgehead atoms. The average Bonchev–Trinajstić information content (AvgIpc) is 3.83. The molecule has 0 N–H and O–H groups in total. The van der Waals surface area contributed by atoms with E-state index in [9.17, 15) is 14.0 Å². The Balaban J connectivity index is 1.18. The van der Waals surface area contributed by atoms with E-state index in [2.05, 4.69) is 15.1 Å². The van der Waals surface area contributed by atoms with Gasteiger partial charge in [0.25, 0.3) is 0 Å². The number of hydrogen-bond acceptors (Lipinski definition) is 7. The predicted molar refractivity (Wildman–Crippen MR) is 144 cm³/mol. The Morgan fingerprint density at radius 2 is 1.69 bits per heavy atom. The summed E-state index contributed by atoms with van der Waals surface area (Å²) < 4.78 is 24.1. The number of piperazine rings is 1. The van der Waals surface area contributed by atoms with Crippen molar-refractivity contribution in [3.05, 3.63) is 66.0 Å². The van der Waals surface area contributed by atoms with Gasteiger partial charge in [-0.25, -0.2) is 4.39 Å². The highest BCUT2D eigenvalue weighted by atomic mass is 19.1. The average molecular weight is 534 g/mol. The number of benzene rings is 2. The van der Waals surface area contributed by atoms with Crippen LogP contribution in [0, 0.1) is 11.7 Å². The minimum absolute atomic E-state index is 0.00448. The van der Waals surface area contributed by atoms with Crippen LogP contribution < -0.4 is 14.4 Å². The van der Waals surface area contributed by atoms with Crippen LogP contribution in [0.5, 0.6) is 11.5 Å². The molecule has 2 aliphatic rings. The van der Waals surface area contributed by atoms with Crippen molar-refractivity contribution in [2.24, 2.45) is 5.92 Å². The van der Waals surface area contributed by atoms with Crippen LogP contribution in [0.4, 0.5) is 10.2 Å². The maximum atomic E-state index is 13.3. The monoisotopic (exact) mass is 533 g/mol. The molecule has 1 aliphatic heterocycles. The number of halogens is 1. The molecular formula is C29H32FN5O4. The van der Waals surface area contributed by atoms with E-state index in [0.29, 0.717) is 49.9 Å². The van der Waals surface area contributed by atoms with Crippen molar-refractivity contribution in [1.29, 1.82) is 0 Å². The molecule has 10 heteroatoms. The topological polar surface area (TPSA) is 88.1 Å². The Labute approximate surface area is 227 Å². The van der Waals surface area contributed by atoms with Gasteiger partial charge in [-0.2, -0.15) is 0 Å². The summed E-state index contributed by atoms with van der Waals surface area (Å²) >= 11 is 0. The van der Waals surface area contributed by atoms with Crippen LogP contribution in [0.3, 0.4) is 0 Å². The molecule has 1 aliphatic carbocycles. The highest BCUT2D eigenvalue weighted by Crippen LogP contribution is 2.33. The number of ether oxygens (including phenoxy) is 2. The van der Waals surface area contributed by atoms with Crippen LogP contribution in [0.1, 0.15) is 18.4 Å². The van der Waals surface area contributed by atoms with Gasteiger partial charge in [0.15, 0.2) is 5.82 Å². The van der Waals surface area contributed by atoms with Crippen LogP contribution in [0.2, 0.25) is 0 Å². The normalized spacial score (nSPS) is 15.2. The molecule has 0 atom stereocenters. The van der Waals surface area contributed by atoms with Gasteiger partial charge in [-0.15, -0.1) is 10.2 Å². The van der Waals surface area contributed by atoms with E-state index in [-0.39, 0.29) is 30.1 Å². The Kier molecular flexibility index (Phi) is 7.90. The van der Waals surface area contributed by atoms with Crippen LogP contribution >= 0.6 is 0 Å². The quantitative estimate of drug-likeness (QED) is 0.417. The van der Waals surface area contributed by atoms with Crippen molar-refractivity contribution >= 4 is 17.6 Å². The lowest BCUT2D eigenvalue weighted by Crippen LogP contribution is -2.52. The fraction of sp³-hybridized carbons (Fsp3) is 0.379. The molecule has 2 amide bonds. The first kappa shape index (κ1) is 26.4. The number of aromatic nitrogens is 2. The molecule has 2 fully saturated rings. The molecule has 1 saturated carbocycles. The van der Waals surface area contributed by atoms with Gasteiger partial charge in [0.05, 0.1) is 19.9 Å². The third kappa shape index (κ3) is 6.27. The van der Waals surface area contributed by atoms with Crippen LogP contribution in [-0.4, -0.2) is 78.8 Å². The van der Waals surface area contributed by atoms with Gasteiger partial charge in [0.1, 0.15) is 23.9 Å². The molecular weight excluding hydrogens is 501 g/mol. The summed E-state index contributed by atoms with van der Waals surface area (Å²) in [5, 5.41) is 8.83. The second-order valence-electron chi connectivity index (χ2n) is 9.81. The zero-order chi connectivity index (χ0) is 27.4. The predicted octanol–water partition coefficient (Wildman–Crippen LogP) is 3.39. The molecule has 1 aromatic heterocycles. The van der Waals surface area contributed by atoms with Crippen molar-refractivity contribution in [1.82, 2.24) is 20.0 Å². The number of amides is 2. The molecule has 39 heavy (non-hydrogen) atoms. The molecule has 5 rings (SSSR count). The van der Waals surface area contributed by atoms with Crippen molar-refractivity contribution < 1.29 is 23.5 Å². The number of carbonyl (C=O) groups excluding carboxylic acids is 2. The molecule has 3 aromatic rings. The lowest BCUT2D eigenvalue weighted by Gasteiger charge is -2.36. The zero-order valence-corrected chi connectivity index (χ0v) is 22.2. The van der Waals surface area contributed by atoms with Gasteiger partial charge < -0.3 is 24.2 Å². The van der Waals surface area contributed by atoms with Crippen LogP contribution in [-0.2, 0) is 16.1 Å². The number of hydrogen-bond donors (Lipinski definition) is 0. The fourth-order valence-electron chi connectivity index (χ4n) is 4.71. The SMILES string of the molecule is COc1ccc(-c2ccc(N3CCN(C(=O)CN(Cc4ccc(F)cc4)C(=O)C4CC4)CC3)nn2)c(OC)c1. The molecule has 0 spiro atoms. The summed E-state index contributed by atoms with van der Waals surface area (Å²) in [5.41, 5.74) is 2.31. The second kappa shape index (κ2) is 11.7. The van der Waals surface area contributed by atoms with Gasteiger partial charge >= 0.3 is 0 Å². The largest absolute Gasteiger partial charge is 0.497 e. The zero-order valence-electron chi connectivity index (χ0n) is 22.2. The maximum Gasteiger partial charge on any atom is 0.242 e. The van der Waals surface area contributed by atoms with E-state index in [1.165, 1.54) is 12.1 Å². The van der Waals surface area contributed by atoms with Crippen molar-refractivity contribution in [3.63, 3.8) is 0 Å². The van der Waals surface area contributed by atoms with E-state index in [0.717, 1.165) is 29.8 Å². The number of nitrogens with zero attached hydrogens (tertiary/aromatic N) is 5. The number of rotatable bonds is 9. The van der Waals surface area contributed by atoms with Gasteiger partial charge in [-0.05, 0) is 54.8 Å². The third-order valence-corrected chi connectivity index (χ3v) is 7.14. The van der Waals surface area contributed by atoms with E-state index in [1.807, 2.05) is 24.3 Å². The molecule has 0 radical (unpaired) electrons. The van der Waals surface area contributed by atoms with Gasteiger partial charge in [0.2, 0.25) is 11.8 Å². The minimum Gasteiger partial charge on any atom is -0.497 e. The van der Waals surface area contributed by atoms with Crippen LogP contribution in [0.15, 0.2) is 54.6 Å². The minimum atomic E-state index is -0.326. The Hall–Kier alpha value is -4.21. The molecule has 2 heterocycles. The molecule has 0 unspecified atom stereocenters. The summed E-state index contributed by atoms with van der Waals surface area (Å²) in [6, 6.07) is 15.4. The first-order chi connectivity index (χ1) is 18.9. The highest BCUT2D eigenvalue weighted by Gasteiger charge is 2.35. The van der Waals surface area contributed by atoms with Crippen molar-refractivity contribution in [3.8, 4) is 22.8 Å². The van der Waals surface area contributed by atoms with E-state index in [1.54, 1.807) is 42.2 Å².